The van der Waals surface area contributed by atoms with E-state index < -0.39 is 0 Å². The van der Waals surface area contributed by atoms with Gasteiger partial charge in [0.1, 0.15) is 0 Å². The molecule has 1 heterocycles. The molecule has 1 aromatic heterocycles. The van der Waals surface area contributed by atoms with E-state index in [-0.39, 0.29) is 0 Å². The van der Waals surface area contributed by atoms with E-state index in [4.69, 9.17) is 10.7 Å². The van der Waals surface area contributed by atoms with Crippen LogP contribution in [0.25, 0.3) is 10.9 Å². The number of hydrogen-bond donors (Lipinski definition) is 1. The lowest BCUT2D eigenvalue weighted by Crippen LogP contribution is -2.00. The maximum Gasteiger partial charge on any atom is 0.0859 e. The fourth-order valence-corrected chi connectivity index (χ4v) is 3.31. The van der Waals surface area contributed by atoms with Crippen LogP contribution in [0, 0.1) is 3.57 Å². The number of nitrogen functional groups attached to an aromatic ring is 1. The second-order valence-electron chi connectivity index (χ2n) is 4.75. The summed E-state index contributed by atoms with van der Waals surface area (Å²) in [6.07, 6.45) is 5.19. The third-order valence-electron chi connectivity index (χ3n) is 3.62. The van der Waals surface area contributed by atoms with Gasteiger partial charge in [0.05, 0.1) is 5.52 Å². The molecular weight excluding hydrogens is 323 g/mol. The van der Waals surface area contributed by atoms with Crippen LogP contribution < -0.4 is 5.73 Å². The summed E-state index contributed by atoms with van der Waals surface area (Å²) >= 11 is 2.34. The minimum Gasteiger partial charge on any atom is -0.398 e. The summed E-state index contributed by atoms with van der Waals surface area (Å²) < 4.78 is 1.19. The molecule has 0 spiro atoms. The first-order valence-electron chi connectivity index (χ1n) is 6.10. The van der Waals surface area contributed by atoms with Crippen molar-refractivity contribution in [2.24, 2.45) is 0 Å². The second-order valence-corrected chi connectivity index (χ2v) is 5.92. The lowest BCUT2D eigenvalue weighted by molar-refractivity contribution is 0.701. The highest BCUT2D eigenvalue weighted by Crippen LogP contribution is 2.35. The summed E-state index contributed by atoms with van der Waals surface area (Å²) in [7, 11) is 0. The molecule has 2 nitrogen and oxygen atoms in total. The Morgan fingerprint density at radius 2 is 2.00 bits per heavy atom. The first-order valence-corrected chi connectivity index (χ1v) is 7.18. The smallest absolute Gasteiger partial charge is 0.0859 e. The van der Waals surface area contributed by atoms with Gasteiger partial charge >= 0.3 is 0 Å². The van der Waals surface area contributed by atoms with Gasteiger partial charge in [-0.1, -0.05) is 25.0 Å². The number of benzene rings is 1. The van der Waals surface area contributed by atoms with Crippen LogP contribution in [0.2, 0.25) is 0 Å². The average Bonchev–Trinajstić information content (AvgIpc) is 2.84. The molecule has 3 heteroatoms. The van der Waals surface area contributed by atoms with E-state index in [0.717, 1.165) is 16.6 Å². The Morgan fingerprint density at radius 1 is 1.24 bits per heavy atom. The molecule has 1 fully saturated rings. The molecule has 1 aliphatic carbocycles. The van der Waals surface area contributed by atoms with Crippen molar-refractivity contribution in [1.82, 2.24) is 4.98 Å². The fraction of sp³-hybridized carbons (Fsp3) is 0.357. The van der Waals surface area contributed by atoms with Crippen molar-refractivity contribution < 1.29 is 0 Å². The summed E-state index contributed by atoms with van der Waals surface area (Å²) in [6, 6.07) is 8.26. The monoisotopic (exact) mass is 338 g/mol. The van der Waals surface area contributed by atoms with E-state index in [1.165, 1.54) is 34.9 Å². The molecule has 88 valence electrons. The number of hydrogen-bond acceptors (Lipinski definition) is 2. The zero-order valence-corrected chi connectivity index (χ0v) is 11.8. The lowest BCUT2D eigenvalue weighted by Gasteiger charge is -2.12. The molecule has 2 aromatic rings. The highest BCUT2D eigenvalue weighted by atomic mass is 127. The first kappa shape index (κ1) is 11.3. The molecule has 0 saturated heterocycles. The number of nitrogens with zero attached hydrogens (tertiary/aromatic N) is 1. The van der Waals surface area contributed by atoms with Gasteiger partial charge in [0.25, 0.3) is 0 Å². The first-order chi connectivity index (χ1) is 8.25. The van der Waals surface area contributed by atoms with Crippen molar-refractivity contribution in [2.75, 3.05) is 5.73 Å². The van der Waals surface area contributed by atoms with E-state index in [1.807, 2.05) is 6.07 Å². The van der Waals surface area contributed by atoms with Gasteiger partial charge in [-0.05, 0) is 47.6 Å². The zero-order chi connectivity index (χ0) is 11.8. The molecule has 2 N–H and O–H groups in total. The summed E-state index contributed by atoms with van der Waals surface area (Å²) in [5, 5.41) is 1.08. The topological polar surface area (TPSA) is 38.9 Å². The summed E-state index contributed by atoms with van der Waals surface area (Å²) in [5.41, 5.74) is 9.28. The summed E-state index contributed by atoms with van der Waals surface area (Å²) in [5.74, 6) is 0.623. The van der Waals surface area contributed by atoms with Crippen molar-refractivity contribution in [2.45, 2.75) is 31.6 Å². The molecule has 3 rings (SSSR count). The van der Waals surface area contributed by atoms with Crippen molar-refractivity contribution in [3.05, 3.63) is 33.5 Å². The maximum absolute atomic E-state index is 6.15. The van der Waals surface area contributed by atoms with Crippen LogP contribution in [0.1, 0.15) is 37.3 Å². The van der Waals surface area contributed by atoms with Gasteiger partial charge in [-0.15, -0.1) is 0 Å². The Labute approximate surface area is 115 Å². The average molecular weight is 338 g/mol. The Morgan fingerprint density at radius 3 is 2.76 bits per heavy atom. The van der Waals surface area contributed by atoms with Crippen LogP contribution in [-0.4, -0.2) is 4.98 Å². The predicted molar refractivity (Wildman–Crippen MR) is 80.1 cm³/mol. The van der Waals surface area contributed by atoms with Crippen LogP contribution in [0.4, 0.5) is 5.69 Å². The fourth-order valence-electron chi connectivity index (χ4n) is 2.69. The Hall–Kier alpha value is -0.840. The Balaban J connectivity index is 2.18. The number of aromatic nitrogens is 1. The van der Waals surface area contributed by atoms with Crippen LogP contribution in [0.5, 0.6) is 0 Å². The van der Waals surface area contributed by atoms with Crippen molar-refractivity contribution in [3.63, 3.8) is 0 Å². The van der Waals surface area contributed by atoms with Crippen molar-refractivity contribution in [1.29, 1.82) is 0 Å². The molecule has 0 atom stereocenters. The Bertz CT molecular complexity index is 559. The van der Waals surface area contributed by atoms with Crippen molar-refractivity contribution in [3.8, 4) is 0 Å². The number of pyridine rings is 1. The molecule has 0 amide bonds. The van der Waals surface area contributed by atoms with Crippen LogP contribution >= 0.6 is 22.6 Å². The number of fused-ring (bicyclic) bond motifs is 1. The number of nitrogens with two attached hydrogens (primary N) is 1. The minimum absolute atomic E-state index is 0.623. The summed E-state index contributed by atoms with van der Waals surface area (Å²) in [6.45, 7) is 0. The molecule has 17 heavy (non-hydrogen) atoms. The molecule has 0 unspecified atom stereocenters. The standard InChI is InChI=1S/C14H15IN2/c15-11-7-3-6-10-12(16)8-13(17-14(10)11)9-4-1-2-5-9/h3,6-9H,1-2,4-5H2,(H2,16,17). The molecule has 1 saturated carbocycles. The third kappa shape index (κ3) is 2.01. The molecule has 1 aliphatic rings. The quantitative estimate of drug-likeness (QED) is 0.796. The van der Waals surface area contributed by atoms with E-state index in [0.29, 0.717) is 5.92 Å². The maximum atomic E-state index is 6.15. The van der Waals surface area contributed by atoms with E-state index in [9.17, 15) is 0 Å². The largest absolute Gasteiger partial charge is 0.398 e. The predicted octanol–water partition coefficient (Wildman–Crippen LogP) is 4.08. The number of para-hydroxylation sites is 1. The third-order valence-corrected chi connectivity index (χ3v) is 4.49. The zero-order valence-electron chi connectivity index (χ0n) is 9.62. The minimum atomic E-state index is 0.623. The van der Waals surface area contributed by atoms with E-state index in [2.05, 4.69) is 40.8 Å². The second kappa shape index (κ2) is 4.44. The van der Waals surface area contributed by atoms with Gasteiger partial charge in [0.2, 0.25) is 0 Å². The van der Waals surface area contributed by atoms with Crippen LogP contribution in [0.3, 0.4) is 0 Å². The Kier molecular flexibility index (Phi) is 2.94. The molecule has 0 radical (unpaired) electrons. The van der Waals surface area contributed by atoms with Gasteiger partial charge in [0.15, 0.2) is 0 Å². The molecule has 1 aromatic carbocycles. The van der Waals surface area contributed by atoms with Gasteiger partial charge in [-0.2, -0.15) is 0 Å². The number of halogens is 1. The van der Waals surface area contributed by atoms with E-state index in [1.54, 1.807) is 0 Å². The molecule has 0 bridgehead atoms. The van der Waals surface area contributed by atoms with E-state index >= 15 is 0 Å². The lowest BCUT2D eigenvalue weighted by atomic mass is 10.0. The number of anilines is 1. The van der Waals surface area contributed by atoms with Crippen molar-refractivity contribution >= 4 is 39.2 Å². The molecule has 0 aliphatic heterocycles. The van der Waals surface area contributed by atoms with Gasteiger partial charge in [-0.25, -0.2) is 0 Å². The van der Waals surface area contributed by atoms with Gasteiger partial charge in [0, 0.05) is 26.3 Å². The van der Waals surface area contributed by atoms with Crippen LogP contribution in [-0.2, 0) is 0 Å². The SMILES string of the molecule is Nc1cc(C2CCCC2)nc2c(I)cccc12. The van der Waals surface area contributed by atoms with Gasteiger partial charge in [-0.3, -0.25) is 4.98 Å². The van der Waals surface area contributed by atoms with Crippen LogP contribution in [0.15, 0.2) is 24.3 Å². The summed E-state index contributed by atoms with van der Waals surface area (Å²) in [4.78, 5) is 4.83. The van der Waals surface area contributed by atoms with Gasteiger partial charge < -0.3 is 5.73 Å². The highest BCUT2D eigenvalue weighted by Gasteiger charge is 2.19. The highest BCUT2D eigenvalue weighted by molar-refractivity contribution is 14.1. The number of rotatable bonds is 1. The molecular formula is C14H15IN2. The normalized spacial score (nSPS) is 16.8.